The van der Waals surface area contributed by atoms with E-state index in [9.17, 15) is 0 Å². The van der Waals surface area contributed by atoms with Gasteiger partial charge in [0, 0.05) is 53.4 Å². The van der Waals surface area contributed by atoms with Crippen LogP contribution < -0.4 is 0 Å². The summed E-state index contributed by atoms with van der Waals surface area (Å²) < 4.78 is 1.23. The van der Waals surface area contributed by atoms with E-state index < -0.39 is 0 Å². The van der Waals surface area contributed by atoms with Gasteiger partial charge >= 0.3 is 0 Å². The van der Waals surface area contributed by atoms with Gasteiger partial charge in [-0.15, -0.1) is 11.3 Å². The minimum absolute atomic E-state index is 0.896. The second-order valence-electron chi connectivity index (χ2n) is 12.8. The van der Waals surface area contributed by atoms with Crippen LogP contribution in [0, 0.1) is 0 Å². The van der Waals surface area contributed by atoms with Crippen LogP contribution >= 0.6 is 11.3 Å². The van der Waals surface area contributed by atoms with E-state index in [1.807, 2.05) is 29.5 Å². The van der Waals surface area contributed by atoms with Crippen molar-refractivity contribution < 1.29 is 0 Å². The normalized spacial score (nSPS) is 11.5. The molecule has 0 unspecified atom stereocenters. The summed E-state index contributed by atoms with van der Waals surface area (Å²) in [5.41, 5.74) is 12.4. The van der Waals surface area contributed by atoms with Crippen molar-refractivity contribution in [1.82, 2.24) is 15.0 Å². The number of fused-ring (bicyclic) bond motifs is 6. The molecule has 4 aromatic heterocycles. The van der Waals surface area contributed by atoms with Gasteiger partial charge in [-0.3, -0.25) is 0 Å². The van der Waals surface area contributed by atoms with Crippen molar-refractivity contribution in [2.45, 2.75) is 0 Å². The molecule has 0 aliphatic rings. The monoisotopic (exact) mass is 667 g/mol. The Kier molecular flexibility index (Phi) is 7.00. The Hall–Kier alpha value is -6.49. The minimum Gasteiger partial charge on any atom is -0.247 e. The number of benzene rings is 6. The van der Waals surface area contributed by atoms with E-state index in [0.717, 1.165) is 66.5 Å². The van der Waals surface area contributed by atoms with Crippen molar-refractivity contribution in [3.63, 3.8) is 0 Å². The lowest BCUT2D eigenvalue weighted by atomic mass is 9.94. The van der Waals surface area contributed by atoms with Crippen molar-refractivity contribution in [2.75, 3.05) is 0 Å². The Morgan fingerprint density at radius 1 is 0.392 bits per heavy atom. The lowest BCUT2D eigenvalue weighted by molar-refractivity contribution is 1.36. The van der Waals surface area contributed by atoms with Crippen LogP contribution in [0.25, 0.3) is 98.1 Å². The molecule has 0 aliphatic carbocycles. The van der Waals surface area contributed by atoms with Gasteiger partial charge in [-0.1, -0.05) is 158 Å². The van der Waals surface area contributed by atoms with E-state index in [-0.39, 0.29) is 0 Å². The van der Waals surface area contributed by atoms with Crippen molar-refractivity contribution in [3.8, 4) is 55.3 Å². The molecule has 0 aliphatic heterocycles. The molecular formula is C47H29N3S. The summed E-state index contributed by atoms with van der Waals surface area (Å²) in [4.78, 5) is 17.1. The first-order valence-electron chi connectivity index (χ1n) is 17.1. The quantitative estimate of drug-likeness (QED) is 0.171. The van der Waals surface area contributed by atoms with Gasteiger partial charge in [-0.05, 0) is 29.3 Å². The maximum absolute atomic E-state index is 5.48. The zero-order valence-electron chi connectivity index (χ0n) is 27.5. The van der Waals surface area contributed by atoms with Gasteiger partial charge in [-0.25, -0.2) is 15.0 Å². The first kappa shape index (κ1) is 29.4. The van der Waals surface area contributed by atoms with Gasteiger partial charge < -0.3 is 0 Å². The van der Waals surface area contributed by atoms with Crippen LogP contribution in [-0.2, 0) is 0 Å². The Morgan fingerprint density at radius 3 is 1.51 bits per heavy atom. The summed E-state index contributed by atoms with van der Waals surface area (Å²) in [7, 11) is 0. The molecular weight excluding hydrogens is 639 g/mol. The highest BCUT2D eigenvalue weighted by molar-refractivity contribution is 7.24. The fourth-order valence-corrected chi connectivity index (χ4v) is 8.54. The number of hydrogen-bond donors (Lipinski definition) is 0. The number of hydrogen-bond acceptors (Lipinski definition) is 4. The van der Waals surface area contributed by atoms with Crippen LogP contribution in [0.2, 0.25) is 0 Å². The lowest BCUT2D eigenvalue weighted by Crippen LogP contribution is -1.92. The molecule has 4 heteroatoms. The number of rotatable bonds is 5. The van der Waals surface area contributed by atoms with Crippen molar-refractivity contribution in [1.29, 1.82) is 0 Å². The van der Waals surface area contributed by atoms with E-state index in [1.165, 1.54) is 31.7 Å². The molecule has 51 heavy (non-hydrogen) atoms. The molecule has 10 aromatic rings. The van der Waals surface area contributed by atoms with Gasteiger partial charge in [0.15, 0.2) is 0 Å². The summed E-state index contributed by atoms with van der Waals surface area (Å²) in [5.74, 6) is 0. The molecule has 6 aromatic carbocycles. The highest BCUT2D eigenvalue weighted by Gasteiger charge is 2.23. The van der Waals surface area contributed by atoms with Gasteiger partial charge in [0.2, 0.25) is 0 Å². The molecule has 238 valence electrons. The largest absolute Gasteiger partial charge is 0.247 e. The zero-order chi connectivity index (χ0) is 33.7. The lowest BCUT2D eigenvalue weighted by Gasteiger charge is -2.12. The summed E-state index contributed by atoms with van der Waals surface area (Å²) in [6.07, 6.45) is 0. The summed E-state index contributed by atoms with van der Waals surface area (Å²) >= 11 is 1.85. The molecule has 3 nitrogen and oxygen atoms in total. The highest BCUT2D eigenvalue weighted by atomic mass is 32.1. The second kappa shape index (κ2) is 12.1. The van der Waals surface area contributed by atoms with Gasteiger partial charge in [0.25, 0.3) is 0 Å². The molecule has 0 saturated heterocycles. The topological polar surface area (TPSA) is 38.7 Å². The van der Waals surface area contributed by atoms with E-state index in [2.05, 4.69) is 158 Å². The van der Waals surface area contributed by atoms with E-state index in [4.69, 9.17) is 15.0 Å². The third-order valence-corrected chi connectivity index (χ3v) is 10.9. The molecule has 0 atom stereocenters. The predicted octanol–water partition coefficient (Wildman–Crippen LogP) is 12.9. The van der Waals surface area contributed by atoms with Crippen LogP contribution in [-0.4, -0.2) is 15.0 Å². The molecule has 0 radical (unpaired) electrons. The van der Waals surface area contributed by atoms with Crippen LogP contribution in [0.15, 0.2) is 176 Å². The second-order valence-corrected chi connectivity index (χ2v) is 13.8. The minimum atomic E-state index is 0.896. The van der Waals surface area contributed by atoms with Crippen molar-refractivity contribution >= 4 is 54.1 Å². The summed E-state index contributed by atoms with van der Waals surface area (Å²) in [5, 5.41) is 4.46. The standard InChI is InChI=1S/C47H29N3S/c1-5-13-30(14-6-1)38-27-24-33-21-22-34-25-28-39(49-45(34)44(33)48-38)36-23-26-37-40(29-36)50-43(32-17-9-3-10-18-32)42-41(31-15-7-2-8-16-31)46(51-47(37)42)35-19-11-4-12-20-35/h1-29H. The maximum Gasteiger partial charge on any atom is 0.0972 e. The Labute approximate surface area is 299 Å². The third-order valence-electron chi connectivity index (χ3n) is 9.65. The average molecular weight is 668 g/mol. The van der Waals surface area contributed by atoms with E-state index in [1.54, 1.807) is 0 Å². The summed E-state index contributed by atoms with van der Waals surface area (Å²) in [6, 6.07) is 61.8. The molecule has 0 amide bonds. The van der Waals surface area contributed by atoms with Gasteiger partial charge in [-0.2, -0.15) is 0 Å². The average Bonchev–Trinajstić information content (AvgIpc) is 3.62. The first-order valence-corrected chi connectivity index (χ1v) is 17.9. The van der Waals surface area contributed by atoms with Gasteiger partial charge in [0.1, 0.15) is 0 Å². The third kappa shape index (κ3) is 5.08. The van der Waals surface area contributed by atoms with Crippen molar-refractivity contribution in [3.05, 3.63) is 176 Å². The van der Waals surface area contributed by atoms with Crippen LogP contribution in [0.3, 0.4) is 0 Å². The van der Waals surface area contributed by atoms with Gasteiger partial charge in [0.05, 0.1) is 33.6 Å². The SMILES string of the molecule is c1ccc(-c2ccc3ccc4ccc(-c5ccc6c(c5)nc(-c5ccccc5)c5c(-c7ccccc7)c(-c7ccccc7)sc56)nc4c3n2)cc1. The van der Waals surface area contributed by atoms with Crippen LogP contribution in [0.5, 0.6) is 0 Å². The zero-order valence-corrected chi connectivity index (χ0v) is 28.3. The highest BCUT2D eigenvalue weighted by Crippen LogP contribution is 2.50. The first-order chi connectivity index (χ1) is 25.3. The van der Waals surface area contributed by atoms with Crippen LogP contribution in [0.1, 0.15) is 0 Å². The number of pyridine rings is 3. The smallest absolute Gasteiger partial charge is 0.0972 e. The Bertz CT molecular complexity index is 2880. The van der Waals surface area contributed by atoms with Crippen LogP contribution in [0.4, 0.5) is 0 Å². The Morgan fingerprint density at radius 2 is 0.902 bits per heavy atom. The molecule has 10 rings (SSSR count). The molecule has 0 spiro atoms. The number of thiophene rings is 1. The molecule has 0 fully saturated rings. The number of aromatic nitrogens is 3. The maximum atomic E-state index is 5.48. The summed E-state index contributed by atoms with van der Waals surface area (Å²) in [6.45, 7) is 0. The fourth-order valence-electron chi connectivity index (χ4n) is 7.17. The van der Waals surface area contributed by atoms with E-state index >= 15 is 0 Å². The molecule has 4 heterocycles. The van der Waals surface area contributed by atoms with Crippen molar-refractivity contribution in [2.24, 2.45) is 0 Å². The predicted molar refractivity (Wildman–Crippen MR) is 215 cm³/mol. The molecule has 0 bridgehead atoms. The molecule has 0 saturated carbocycles. The fraction of sp³-hybridized carbons (Fsp3) is 0. The molecule has 0 N–H and O–H groups in total. The van der Waals surface area contributed by atoms with E-state index in [0.29, 0.717) is 0 Å². The number of nitrogens with zero attached hydrogens (tertiary/aromatic N) is 3. The Balaban J connectivity index is 1.21.